The van der Waals surface area contributed by atoms with E-state index >= 15 is 0 Å². The predicted octanol–water partition coefficient (Wildman–Crippen LogP) is 0.564. The Hall–Kier alpha value is -2.22. The number of nitrogens with two attached hydrogens (primary N) is 1. The molecule has 8 heteroatoms. The minimum absolute atomic E-state index is 0.135. The Morgan fingerprint density at radius 2 is 2.30 bits per heavy atom. The molecule has 1 aliphatic rings. The van der Waals surface area contributed by atoms with Gasteiger partial charge >= 0.3 is 0 Å². The first-order chi connectivity index (χ1) is 9.60. The maximum absolute atomic E-state index is 11.5. The third-order valence-electron chi connectivity index (χ3n) is 3.84. The second kappa shape index (κ2) is 4.71. The molecule has 0 bridgehead atoms. The number of fused-ring (bicyclic) bond motifs is 1. The summed E-state index contributed by atoms with van der Waals surface area (Å²) in [6.07, 6.45) is 3.92. The molecule has 4 N–H and O–H groups in total. The molecule has 2 atom stereocenters. The SMILES string of the molecule is Cc1nc(N)c2ncn([C@@H]3CC[C@@H](C(=O)NO)C3)c2n1. The van der Waals surface area contributed by atoms with Gasteiger partial charge in [-0.3, -0.25) is 10.0 Å². The van der Waals surface area contributed by atoms with E-state index in [4.69, 9.17) is 10.9 Å². The summed E-state index contributed by atoms with van der Waals surface area (Å²) in [4.78, 5) is 24.2. The highest BCUT2D eigenvalue weighted by Gasteiger charge is 2.31. The largest absolute Gasteiger partial charge is 0.382 e. The van der Waals surface area contributed by atoms with Gasteiger partial charge in [0.1, 0.15) is 11.3 Å². The molecule has 1 fully saturated rings. The number of nitrogen functional groups attached to an aromatic ring is 1. The monoisotopic (exact) mass is 276 g/mol. The topological polar surface area (TPSA) is 119 Å². The Balaban J connectivity index is 1.94. The molecule has 8 nitrogen and oxygen atoms in total. The van der Waals surface area contributed by atoms with Crippen LogP contribution in [0.3, 0.4) is 0 Å². The molecule has 3 rings (SSSR count). The summed E-state index contributed by atoms with van der Waals surface area (Å²) in [7, 11) is 0. The molecule has 0 saturated heterocycles. The molecule has 1 saturated carbocycles. The normalized spacial score (nSPS) is 22.3. The number of amides is 1. The Morgan fingerprint density at radius 3 is 3.05 bits per heavy atom. The Kier molecular flexibility index (Phi) is 3.01. The zero-order valence-electron chi connectivity index (χ0n) is 11.1. The van der Waals surface area contributed by atoms with Crippen LogP contribution in [0, 0.1) is 12.8 Å². The molecular formula is C12H16N6O2. The average molecular weight is 276 g/mol. The van der Waals surface area contributed by atoms with E-state index < -0.39 is 0 Å². The lowest BCUT2D eigenvalue weighted by Gasteiger charge is -2.13. The number of aryl methyl sites for hydroxylation is 1. The maximum atomic E-state index is 11.5. The lowest BCUT2D eigenvalue weighted by molar-refractivity contribution is -0.133. The number of nitrogens with one attached hydrogen (secondary N) is 1. The molecule has 106 valence electrons. The van der Waals surface area contributed by atoms with E-state index in [0.717, 1.165) is 12.8 Å². The highest BCUT2D eigenvalue weighted by molar-refractivity contribution is 5.82. The molecular weight excluding hydrogens is 260 g/mol. The first-order valence-corrected chi connectivity index (χ1v) is 6.50. The van der Waals surface area contributed by atoms with Gasteiger partial charge in [-0.1, -0.05) is 0 Å². The van der Waals surface area contributed by atoms with Crippen LogP contribution in [-0.4, -0.2) is 30.6 Å². The van der Waals surface area contributed by atoms with Gasteiger partial charge in [0, 0.05) is 12.0 Å². The second-order valence-corrected chi connectivity index (χ2v) is 5.12. The number of imidazole rings is 1. The maximum Gasteiger partial charge on any atom is 0.246 e. The van der Waals surface area contributed by atoms with Crippen molar-refractivity contribution in [3.63, 3.8) is 0 Å². The summed E-state index contributed by atoms with van der Waals surface area (Å²) < 4.78 is 1.95. The molecule has 1 aliphatic carbocycles. The fraction of sp³-hybridized carbons (Fsp3) is 0.500. The lowest BCUT2D eigenvalue weighted by atomic mass is 10.1. The quantitative estimate of drug-likeness (QED) is 0.545. The van der Waals surface area contributed by atoms with Crippen LogP contribution in [0.4, 0.5) is 5.82 Å². The standard InChI is InChI=1S/C12H16N6O2/c1-6-15-10(13)9-11(16-6)18(5-14-9)8-3-2-7(4-8)12(19)17-20/h5,7-8,20H,2-4H2,1H3,(H,17,19)(H2,13,15,16)/t7-,8-/m1/s1. The number of carbonyl (C=O) groups excluding carboxylic acids is 1. The number of anilines is 1. The van der Waals surface area contributed by atoms with Gasteiger partial charge in [0.05, 0.1) is 6.33 Å². The van der Waals surface area contributed by atoms with Crippen LogP contribution in [0.1, 0.15) is 31.1 Å². The molecule has 0 spiro atoms. The van der Waals surface area contributed by atoms with Crippen LogP contribution in [0.2, 0.25) is 0 Å². The number of hydroxylamine groups is 1. The van der Waals surface area contributed by atoms with Gasteiger partial charge < -0.3 is 10.3 Å². The van der Waals surface area contributed by atoms with E-state index in [-0.39, 0.29) is 17.9 Å². The van der Waals surface area contributed by atoms with Crippen molar-refractivity contribution >= 4 is 22.9 Å². The van der Waals surface area contributed by atoms with Crippen molar-refractivity contribution in [2.24, 2.45) is 5.92 Å². The molecule has 1 amide bonds. The Bertz CT molecular complexity index is 667. The zero-order valence-corrected chi connectivity index (χ0v) is 11.1. The Morgan fingerprint density at radius 1 is 1.50 bits per heavy atom. The lowest BCUT2D eigenvalue weighted by Crippen LogP contribution is -2.26. The van der Waals surface area contributed by atoms with Gasteiger partial charge in [-0.2, -0.15) is 0 Å². The van der Waals surface area contributed by atoms with E-state index in [1.807, 2.05) is 4.57 Å². The third kappa shape index (κ3) is 1.97. The number of carbonyl (C=O) groups is 1. The molecule has 0 radical (unpaired) electrons. The number of aromatic nitrogens is 4. The van der Waals surface area contributed by atoms with Crippen molar-refractivity contribution in [2.75, 3.05) is 5.73 Å². The van der Waals surface area contributed by atoms with Gasteiger partial charge in [-0.25, -0.2) is 20.4 Å². The summed E-state index contributed by atoms with van der Waals surface area (Å²) in [5.74, 6) is 0.457. The molecule has 2 heterocycles. The van der Waals surface area contributed by atoms with Gasteiger partial charge in [-0.15, -0.1) is 0 Å². The van der Waals surface area contributed by atoms with Crippen molar-refractivity contribution in [3.8, 4) is 0 Å². The number of hydrogen-bond acceptors (Lipinski definition) is 6. The van der Waals surface area contributed by atoms with Crippen LogP contribution in [0.25, 0.3) is 11.2 Å². The Labute approximate surface area is 115 Å². The van der Waals surface area contributed by atoms with E-state index in [1.54, 1.807) is 18.7 Å². The van der Waals surface area contributed by atoms with Crippen molar-refractivity contribution in [1.82, 2.24) is 25.0 Å². The minimum Gasteiger partial charge on any atom is -0.382 e. The molecule has 0 aromatic carbocycles. The van der Waals surface area contributed by atoms with Crippen molar-refractivity contribution < 1.29 is 10.0 Å². The smallest absolute Gasteiger partial charge is 0.246 e. The van der Waals surface area contributed by atoms with E-state index in [9.17, 15) is 4.79 Å². The average Bonchev–Trinajstić information content (AvgIpc) is 3.03. The van der Waals surface area contributed by atoms with E-state index in [1.165, 1.54) is 0 Å². The summed E-state index contributed by atoms with van der Waals surface area (Å²) in [5.41, 5.74) is 8.85. The number of hydrogen-bond donors (Lipinski definition) is 3. The van der Waals surface area contributed by atoms with Gasteiger partial charge in [0.2, 0.25) is 5.91 Å². The number of nitrogens with zero attached hydrogens (tertiary/aromatic N) is 4. The molecule has 0 unspecified atom stereocenters. The van der Waals surface area contributed by atoms with Gasteiger partial charge in [0.25, 0.3) is 0 Å². The zero-order chi connectivity index (χ0) is 14.3. The van der Waals surface area contributed by atoms with Crippen LogP contribution in [0.15, 0.2) is 6.33 Å². The molecule has 2 aromatic rings. The second-order valence-electron chi connectivity index (χ2n) is 5.12. The molecule has 2 aromatic heterocycles. The summed E-state index contributed by atoms with van der Waals surface area (Å²) in [5, 5.41) is 8.70. The highest BCUT2D eigenvalue weighted by atomic mass is 16.5. The van der Waals surface area contributed by atoms with Crippen molar-refractivity contribution in [2.45, 2.75) is 32.2 Å². The summed E-state index contributed by atoms with van der Waals surface area (Å²) >= 11 is 0. The summed E-state index contributed by atoms with van der Waals surface area (Å²) in [6.45, 7) is 1.78. The van der Waals surface area contributed by atoms with Crippen molar-refractivity contribution in [3.05, 3.63) is 12.2 Å². The van der Waals surface area contributed by atoms with Crippen LogP contribution < -0.4 is 11.2 Å². The summed E-state index contributed by atoms with van der Waals surface area (Å²) in [6, 6.07) is 0.135. The number of rotatable bonds is 2. The minimum atomic E-state index is -0.331. The van der Waals surface area contributed by atoms with Crippen LogP contribution >= 0.6 is 0 Å². The predicted molar refractivity (Wildman–Crippen MR) is 70.8 cm³/mol. The third-order valence-corrected chi connectivity index (χ3v) is 3.84. The molecule has 0 aliphatic heterocycles. The van der Waals surface area contributed by atoms with Gasteiger partial charge in [0.15, 0.2) is 11.5 Å². The highest BCUT2D eigenvalue weighted by Crippen LogP contribution is 2.36. The van der Waals surface area contributed by atoms with Crippen molar-refractivity contribution in [1.29, 1.82) is 0 Å². The van der Waals surface area contributed by atoms with Crippen LogP contribution in [-0.2, 0) is 4.79 Å². The molecule has 20 heavy (non-hydrogen) atoms. The fourth-order valence-corrected chi connectivity index (χ4v) is 2.86. The first kappa shape index (κ1) is 12.8. The van der Waals surface area contributed by atoms with E-state index in [0.29, 0.717) is 29.2 Å². The first-order valence-electron chi connectivity index (χ1n) is 6.50. The van der Waals surface area contributed by atoms with E-state index in [2.05, 4.69) is 15.0 Å². The fourth-order valence-electron chi connectivity index (χ4n) is 2.86. The van der Waals surface area contributed by atoms with Crippen LogP contribution in [0.5, 0.6) is 0 Å². The van der Waals surface area contributed by atoms with Gasteiger partial charge in [-0.05, 0) is 26.2 Å².